The van der Waals surface area contributed by atoms with Crippen molar-refractivity contribution >= 4 is 17.7 Å². The van der Waals surface area contributed by atoms with Crippen molar-refractivity contribution in [3.63, 3.8) is 0 Å². The molecule has 0 heterocycles. The van der Waals surface area contributed by atoms with Crippen LogP contribution < -0.4 is 0 Å². The molecule has 2 aromatic carbocycles. The molecule has 0 radical (unpaired) electrons. The second kappa shape index (κ2) is 25.9. The Morgan fingerprint density at radius 3 is 1.38 bits per heavy atom. The van der Waals surface area contributed by atoms with Crippen molar-refractivity contribution in [1.29, 1.82) is 0 Å². The number of rotatable bonds is 29. The lowest BCUT2D eigenvalue weighted by Crippen LogP contribution is -2.41. The van der Waals surface area contributed by atoms with Gasteiger partial charge in [0, 0.05) is 12.8 Å². The molecule has 50 heavy (non-hydrogen) atoms. The molecule has 0 aliphatic heterocycles. The highest BCUT2D eigenvalue weighted by atomic mass is 16.5. The molecule has 0 amide bonds. The quantitative estimate of drug-likeness (QED) is 0.0483. The average molecular weight is 691 g/mol. The van der Waals surface area contributed by atoms with Crippen molar-refractivity contribution in [2.45, 2.75) is 182 Å². The Bertz CT molecular complexity index is 1170. The largest absolute Gasteiger partial charge is 0.461 e. The molecule has 0 aliphatic carbocycles. The van der Waals surface area contributed by atoms with Gasteiger partial charge in [-0.05, 0) is 42.2 Å². The predicted octanol–water partition coefficient (Wildman–Crippen LogP) is 12.7. The van der Waals surface area contributed by atoms with E-state index in [1.54, 1.807) is 0 Å². The molecule has 0 saturated carbocycles. The number of ketones is 1. The topological polar surface area (TPSA) is 69.7 Å². The van der Waals surface area contributed by atoms with Gasteiger partial charge in [0.15, 0.2) is 0 Å². The molecule has 0 N–H and O–H groups in total. The molecule has 5 heteroatoms. The zero-order chi connectivity index (χ0) is 36.3. The Balaban J connectivity index is 1.86. The average Bonchev–Trinajstić information content (AvgIpc) is 3.11. The van der Waals surface area contributed by atoms with Crippen molar-refractivity contribution in [2.24, 2.45) is 10.8 Å². The summed E-state index contributed by atoms with van der Waals surface area (Å²) in [6.45, 7) is 9.28. The zero-order valence-corrected chi connectivity index (χ0v) is 32.3. The van der Waals surface area contributed by atoms with Gasteiger partial charge in [0.25, 0.3) is 0 Å². The molecule has 1 atom stereocenters. The predicted molar refractivity (Wildman–Crippen MR) is 207 cm³/mol. The minimum absolute atomic E-state index is 0.0234. The lowest BCUT2D eigenvalue weighted by Gasteiger charge is -2.32. The number of carbonyl (C=O) groups excluding carboxylic acids is 3. The van der Waals surface area contributed by atoms with Crippen LogP contribution >= 0.6 is 0 Å². The van der Waals surface area contributed by atoms with Gasteiger partial charge in [0.05, 0.1) is 0 Å². The fraction of sp³-hybridized carbons (Fsp3) is 0.667. The Labute approximate surface area is 305 Å². The maximum atomic E-state index is 14.1. The van der Waals surface area contributed by atoms with E-state index in [4.69, 9.17) is 9.47 Å². The van der Waals surface area contributed by atoms with Crippen LogP contribution in [0.3, 0.4) is 0 Å². The van der Waals surface area contributed by atoms with E-state index in [-0.39, 0.29) is 29.7 Å². The van der Waals surface area contributed by atoms with Crippen molar-refractivity contribution in [2.75, 3.05) is 0 Å². The Morgan fingerprint density at radius 2 is 0.920 bits per heavy atom. The fourth-order valence-electron chi connectivity index (χ4n) is 6.62. The standard InChI is InChI=1S/C45H70O5/c1-5-6-7-8-9-11-14-17-26-34-45(41(46)33-36-44(2,3)4,43(48)50-38-40-30-23-20-24-31-40)35-27-18-15-12-10-13-16-25-32-42(47)49-37-39-28-21-19-22-29-39/h19-24,28-31H,5-18,25-27,32-38H2,1-4H3. The van der Waals surface area contributed by atoms with E-state index in [1.165, 1.54) is 38.5 Å². The summed E-state index contributed by atoms with van der Waals surface area (Å²) in [5.74, 6) is -0.367. The van der Waals surface area contributed by atoms with Crippen LogP contribution in [0, 0.1) is 10.8 Å². The molecule has 0 saturated heterocycles. The maximum absolute atomic E-state index is 14.1. The highest BCUT2D eigenvalue weighted by Gasteiger charge is 2.45. The van der Waals surface area contributed by atoms with E-state index in [1.807, 2.05) is 60.7 Å². The Morgan fingerprint density at radius 1 is 0.500 bits per heavy atom. The Hall–Kier alpha value is -2.95. The van der Waals surface area contributed by atoms with Crippen LogP contribution in [-0.4, -0.2) is 17.7 Å². The normalized spacial score (nSPS) is 12.7. The second-order valence-electron chi connectivity index (χ2n) is 15.7. The van der Waals surface area contributed by atoms with Crippen LogP contribution in [0.15, 0.2) is 60.7 Å². The molecule has 0 aliphatic rings. The number of ether oxygens (including phenoxy) is 2. The van der Waals surface area contributed by atoms with Gasteiger partial charge in [-0.25, -0.2) is 0 Å². The van der Waals surface area contributed by atoms with Crippen LogP contribution in [-0.2, 0) is 37.1 Å². The molecule has 0 aromatic heterocycles. The first-order valence-corrected chi connectivity index (χ1v) is 20.1. The van der Waals surface area contributed by atoms with Crippen LogP contribution in [0.2, 0.25) is 0 Å². The lowest BCUT2D eigenvalue weighted by molar-refractivity contribution is -0.163. The van der Waals surface area contributed by atoms with Gasteiger partial charge in [0.1, 0.15) is 24.4 Å². The lowest BCUT2D eigenvalue weighted by atomic mass is 9.72. The summed E-state index contributed by atoms with van der Waals surface area (Å²) in [5.41, 5.74) is 0.926. The monoisotopic (exact) mass is 691 g/mol. The summed E-state index contributed by atoms with van der Waals surface area (Å²) in [6.07, 6.45) is 21.8. The molecule has 1 unspecified atom stereocenters. The molecule has 0 fully saturated rings. The van der Waals surface area contributed by atoms with E-state index in [0.29, 0.717) is 32.3 Å². The summed E-state index contributed by atoms with van der Waals surface area (Å²) in [7, 11) is 0. The van der Waals surface area contributed by atoms with Crippen LogP contribution in [0.1, 0.15) is 180 Å². The highest BCUT2D eigenvalue weighted by molar-refractivity contribution is 6.03. The third kappa shape index (κ3) is 19.4. The van der Waals surface area contributed by atoms with Gasteiger partial charge in [-0.3, -0.25) is 14.4 Å². The number of hydrogen-bond donors (Lipinski definition) is 0. The molecular weight excluding hydrogens is 620 g/mol. The maximum Gasteiger partial charge on any atom is 0.319 e. The minimum Gasteiger partial charge on any atom is -0.461 e. The summed E-state index contributed by atoms with van der Waals surface area (Å²) in [5, 5.41) is 0. The molecule has 2 aromatic rings. The number of unbranched alkanes of at least 4 members (excludes halogenated alkanes) is 15. The third-order valence-corrected chi connectivity index (χ3v) is 9.92. The van der Waals surface area contributed by atoms with Crippen LogP contribution in [0.25, 0.3) is 0 Å². The minimum atomic E-state index is -1.06. The second-order valence-corrected chi connectivity index (χ2v) is 15.7. The first kappa shape index (κ1) is 43.2. The van der Waals surface area contributed by atoms with Gasteiger partial charge >= 0.3 is 11.9 Å². The Kier molecular flexibility index (Phi) is 22.4. The fourth-order valence-corrected chi connectivity index (χ4v) is 6.62. The van der Waals surface area contributed by atoms with Gasteiger partial charge in [-0.1, -0.05) is 191 Å². The molecule has 0 spiro atoms. The number of carbonyl (C=O) groups is 3. The van der Waals surface area contributed by atoms with E-state index in [0.717, 1.165) is 88.2 Å². The van der Waals surface area contributed by atoms with E-state index in [2.05, 4.69) is 27.7 Å². The highest BCUT2D eigenvalue weighted by Crippen LogP contribution is 2.38. The summed E-state index contributed by atoms with van der Waals surface area (Å²) in [4.78, 5) is 40.2. The van der Waals surface area contributed by atoms with Crippen molar-refractivity contribution in [3.8, 4) is 0 Å². The number of Topliss-reactive ketones (excluding diaryl/α,β-unsaturated/α-hetero) is 1. The van der Waals surface area contributed by atoms with Crippen molar-refractivity contribution < 1.29 is 23.9 Å². The van der Waals surface area contributed by atoms with E-state index >= 15 is 0 Å². The summed E-state index contributed by atoms with van der Waals surface area (Å²) in [6, 6.07) is 19.6. The smallest absolute Gasteiger partial charge is 0.319 e. The number of hydrogen-bond acceptors (Lipinski definition) is 5. The van der Waals surface area contributed by atoms with Crippen molar-refractivity contribution in [3.05, 3.63) is 71.8 Å². The van der Waals surface area contributed by atoms with Crippen LogP contribution in [0.4, 0.5) is 0 Å². The molecular formula is C45H70O5. The summed E-state index contributed by atoms with van der Waals surface area (Å²) < 4.78 is 11.4. The van der Waals surface area contributed by atoms with E-state index in [9.17, 15) is 14.4 Å². The van der Waals surface area contributed by atoms with Gasteiger partial charge in [0.2, 0.25) is 0 Å². The summed E-state index contributed by atoms with van der Waals surface area (Å²) >= 11 is 0. The van der Waals surface area contributed by atoms with Gasteiger partial charge in [-0.15, -0.1) is 0 Å². The third-order valence-electron chi connectivity index (χ3n) is 9.92. The SMILES string of the molecule is CCCCCCCCCCCC(CCCCCCCCCCC(=O)OCc1ccccc1)(C(=O)CCC(C)(C)C)C(=O)OCc1ccccc1. The zero-order valence-electron chi connectivity index (χ0n) is 32.3. The molecule has 2 rings (SSSR count). The number of esters is 2. The number of benzene rings is 2. The van der Waals surface area contributed by atoms with E-state index < -0.39 is 5.41 Å². The van der Waals surface area contributed by atoms with Crippen molar-refractivity contribution in [1.82, 2.24) is 0 Å². The molecule has 280 valence electrons. The molecule has 0 bridgehead atoms. The first-order chi connectivity index (χ1) is 24.2. The molecule has 5 nitrogen and oxygen atoms in total. The van der Waals surface area contributed by atoms with Gasteiger partial charge in [-0.2, -0.15) is 0 Å². The first-order valence-electron chi connectivity index (χ1n) is 20.1. The van der Waals surface area contributed by atoms with Crippen LogP contribution in [0.5, 0.6) is 0 Å². The van der Waals surface area contributed by atoms with Gasteiger partial charge < -0.3 is 9.47 Å².